The van der Waals surface area contributed by atoms with E-state index in [1.807, 2.05) is 29.2 Å². The second-order valence-corrected chi connectivity index (χ2v) is 9.35. The van der Waals surface area contributed by atoms with E-state index < -0.39 is 5.79 Å². The monoisotopic (exact) mass is 446 g/mol. The minimum absolute atomic E-state index is 0.200. The Morgan fingerprint density at radius 2 is 2.00 bits per heavy atom. The van der Waals surface area contributed by atoms with Crippen molar-refractivity contribution in [1.29, 1.82) is 0 Å². The molecule has 1 aromatic carbocycles. The predicted molar refractivity (Wildman–Crippen MR) is 121 cm³/mol. The van der Waals surface area contributed by atoms with Crippen molar-refractivity contribution in [3.8, 4) is 11.1 Å². The summed E-state index contributed by atoms with van der Waals surface area (Å²) in [5.74, 6) is 0.485. The van der Waals surface area contributed by atoms with Gasteiger partial charge in [0.25, 0.3) is 0 Å². The molecule has 6 nitrogen and oxygen atoms in total. The number of fused-ring (bicyclic) bond motifs is 1. The van der Waals surface area contributed by atoms with Crippen molar-refractivity contribution < 1.29 is 13.9 Å². The summed E-state index contributed by atoms with van der Waals surface area (Å²) in [6.07, 6.45) is 13.8. The Morgan fingerprint density at radius 3 is 2.76 bits per heavy atom. The van der Waals surface area contributed by atoms with E-state index in [-0.39, 0.29) is 11.7 Å². The Hall–Kier alpha value is -2.90. The second-order valence-electron chi connectivity index (χ2n) is 9.35. The Kier molecular flexibility index (Phi) is 5.31. The largest absolute Gasteiger partial charge is 0.347 e. The zero-order chi connectivity index (χ0) is 22.3. The molecule has 0 N–H and O–H groups in total. The maximum atomic E-state index is 13.5. The van der Waals surface area contributed by atoms with E-state index in [4.69, 9.17) is 9.47 Å². The van der Waals surface area contributed by atoms with E-state index in [0.29, 0.717) is 31.1 Å². The van der Waals surface area contributed by atoms with Crippen molar-refractivity contribution in [2.24, 2.45) is 17.8 Å². The fourth-order valence-corrected chi connectivity index (χ4v) is 6.06. The number of hydrogen-bond acceptors (Lipinski definition) is 5. The highest BCUT2D eigenvalue weighted by molar-refractivity contribution is 5.63. The summed E-state index contributed by atoms with van der Waals surface area (Å²) in [5.41, 5.74) is 2.61. The van der Waals surface area contributed by atoms with Crippen LogP contribution >= 0.6 is 0 Å². The van der Waals surface area contributed by atoms with Crippen LogP contribution in [0.3, 0.4) is 0 Å². The lowest BCUT2D eigenvalue weighted by atomic mass is 9.75. The van der Waals surface area contributed by atoms with Gasteiger partial charge in [-0.2, -0.15) is 5.10 Å². The van der Waals surface area contributed by atoms with Crippen LogP contribution in [0.25, 0.3) is 17.2 Å². The molecule has 0 radical (unpaired) electrons. The van der Waals surface area contributed by atoms with Crippen LogP contribution in [0.15, 0.2) is 61.3 Å². The van der Waals surface area contributed by atoms with Crippen LogP contribution in [0.5, 0.6) is 0 Å². The van der Waals surface area contributed by atoms with Gasteiger partial charge in [-0.15, -0.1) is 0 Å². The number of ether oxygens (including phenoxy) is 2. The van der Waals surface area contributed by atoms with Crippen molar-refractivity contribution in [2.45, 2.75) is 37.5 Å². The summed E-state index contributed by atoms with van der Waals surface area (Å²) in [6, 6.07) is 10.9. The average molecular weight is 447 g/mol. The molecule has 1 saturated heterocycles. The number of rotatable bonds is 4. The summed E-state index contributed by atoms with van der Waals surface area (Å²) in [5, 5.41) is 4.37. The molecule has 3 fully saturated rings. The standard InChI is InChI=1S/C26H27FN4O2/c27-21-3-1-2-18(12-21)19-4-5-22(29-15-19)6-9-25-24-8-7-23(31-17-28-16-30-31)13-20(24)14-26(25)32-10-11-33-26/h1-6,9,12,15-17,20,23-25H,7-8,10-11,13-14H2/b9-6+/t20-,23+,24-,25+/m1/s1. The van der Waals surface area contributed by atoms with E-state index in [1.54, 1.807) is 18.6 Å². The third-order valence-corrected chi connectivity index (χ3v) is 7.53. The van der Waals surface area contributed by atoms with Gasteiger partial charge < -0.3 is 9.47 Å². The van der Waals surface area contributed by atoms with E-state index in [9.17, 15) is 4.39 Å². The smallest absolute Gasteiger partial charge is 0.175 e. The normalized spacial score (nSPS) is 28.5. The van der Waals surface area contributed by atoms with Gasteiger partial charge in [0.15, 0.2) is 5.79 Å². The minimum Gasteiger partial charge on any atom is -0.347 e. The average Bonchev–Trinajstić information content (AvgIpc) is 3.59. The van der Waals surface area contributed by atoms with Gasteiger partial charge in [0.1, 0.15) is 18.5 Å². The first kappa shape index (κ1) is 20.7. The van der Waals surface area contributed by atoms with Crippen molar-refractivity contribution >= 4 is 6.08 Å². The molecule has 0 bridgehead atoms. The zero-order valence-corrected chi connectivity index (χ0v) is 18.4. The van der Waals surface area contributed by atoms with Crippen LogP contribution in [-0.2, 0) is 9.47 Å². The molecule has 2 aliphatic carbocycles. The molecule has 3 aliphatic rings. The van der Waals surface area contributed by atoms with Gasteiger partial charge in [-0.25, -0.2) is 14.1 Å². The summed E-state index contributed by atoms with van der Waals surface area (Å²) in [6.45, 7) is 1.30. The molecule has 1 aliphatic heterocycles. The van der Waals surface area contributed by atoms with Crippen LogP contribution in [-0.4, -0.2) is 38.7 Å². The second kappa shape index (κ2) is 8.47. The van der Waals surface area contributed by atoms with E-state index in [2.05, 4.69) is 27.2 Å². The maximum Gasteiger partial charge on any atom is 0.175 e. The van der Waals surface area contributed by atoms with Gasteiger partial charge in [0.2, 0.25) is 0 Å². The van der Waals surface area contributed by atoms with Gasteiger partial charge >= 0.3 is 0 Å². The maximum absolute atomic E-state index is 13.5. The highest BCUT2D eigenvalue weighted by atomic mass is 19.1. The first-order chi connectivity index (χ1) is 16.2. The highest BCUT2D eigenvalue weighted by Gasteiger charge is 2.57. The van der Waals surface area contributed by atoms with Crippen molar-refractivity contribution in [1.82, 2.24) is 19.7 Å². The number of halogens is 1. The Bertz CT molecular complexity index is 1130. The van der Waals surface area contributed by atoms with Gasteiger partial charge in [-0.3, -0.25) is 4.98 Å². The third kappa shape index (κ3) is 3.89. The SMILES string of the molecule is Fc1cccc(-c2ccc(/C=C/[C@H]3[C@@H]4CC[C@H](n5cncn5)C[C@@H]4CC34OCCO4)nc2)c1. The topological polar surface area (TPSA) is 62.1 Å². The van der Waals surface area contributed by atoms with Gasteiger partial charge in [-0.05, 0) is 60.9 Å². The number of aromatic nitrogens is 4. The van der Waals surface area contributed by atoms with E-state index in [0.717, 1.165) is 42.5 Å². The Morgan fingerprint density at radius 1 is 1.09 bits per heavy atom. The van der Waals surface area contributed by atoms with Crippen LogP contribution in [0.4, 0.5) is 4.39 Å². The Balaban J connectivity index is 1.21. The van der Waals surface area contributed by atoms with Gasteiger partial charge in [0, 0.05) is 24.1 Å². The molecule has 2 saturated carbocycles. The van der Waals surface area contributed by atoms with E-state index >= 15 is 0 Å². The molecule has 33 heavy (non-hydrogen) atoms. The summed E-state index contributed by atoms with van der Waals surface area (Å²) >= 11 is 0. The zero-order valence-electron chi connectivity index (χ0n) is 18.4. The molecule has 6 rings (SSSR count). The Labute approximate surface area is 192 Å². The molecule has 0 unspecified atom stereocenters. The minimum atomic E-state index is -0.523. The number of benzene rings is 1. The van der Waals surface area contributed by atoms with Crippen LogP contribution < -0.4 is 0 Å². The molecular formula is C26H27FN4O2. The summed E-state index contributed by atoms with van der Waals surface area (Å²) in [7, 11) is 0. The summed E-state index contributed by atoms with van der Waals surface area (Å²) in [4.78, 5) is 8.73. The fourth-order valence-electron chi connectivity index (χ4n) is 6.06. The van der Waals surface area contributed by atoms with Gasteiger partial charge in [0.05, 0.1) is 24.9 Å². The number of nitrogens with zero attached hydrogens (tertiary/aromatic N) is 4. The lowest BCUT2D eigenvalue weighted by molar-refractivity contribution is -0.175. The number of hydrogen-bond donors (Lipinski definition) is 0. The van der Waals surface area contributed by atoms with E-state index in [1.165, 1.54) is 12.1 Å². The molecule has 170 valence electrons. The first-order valence-electron chi connectivity index (χ1n) is 11.7. The highest BCUT2D eigenvalue weighted by Crippen LogP contribution is 2.56. The molecule has 7 heteroatoms. The molecule has 3 heterocycles. The first-order valence-corrected chi connectivity index (χ1v) is 11.7. The fraction of sp³-hybridized carbons (Fsp3) is 0.423. The van der Waals surface area contributed by atoms with Crippen LogP contribution in [0, 0.1) is 23.6 Å². The molecule has 4 atom stereocenters. The quantitative estimate of drug-likeness (QED) is 0.570. The lowest BCUT2D eigenvalue weighted by Gasteiger charge is -2.34. The lowest BCUT2D eigenvalue weighted by Crippen LogP contribution is -2.35. The van der Waals surface area contributed by atoms with Crippen molar-refractivity contribution in [3.63, 3.8) is 0 Å². The number of pyridine rings is 1. The molecule has 2 aromatic heterocycles. The molecule has 1 spiro atoms. The third-order valence-electron chi connectivity index (χ3n) is 7.53. The van der Waals surface area contributed by atoms with Crippen LogP contribution in [0.2, 0.25) is 0 Å². The van der Waals surface area contributed by atoms with Crippen molar-refractivity contribution in [3.05, 3.63) is 72.8 Å². The molecule has 0 amide bonds. The molecular weight excluding hydrogens is 419 g/mol. The van der Waals surface area contributed by atoms with Crippen LogP contribution in [0.1, 0.15) is 37.4 Å². The van der Waals surface area contributed by atoms with Gasteiger partial charge in [-0.1, -0.05) is 24.3 Å². The predicted octanol–water partition coefficient (Wildman–Crippen LogP) is 4.91. The summed E-state index contributed by atoms with van der Waals surface area (Å²) < 4.78 is 28.0. The molecule has 3 aromatic rings. The van der Waals surface area contributed by atoms with Crippen molar-refractivity contribution in [2.75, 3.05) is 13.2 Å².